The Balaban J connectivity index is 1.81. The number of sulfonamides is 1. The van der Waals surface area contributed by atoms with Gasteiger partial charge in [0, 0.05) is 24.0 Å². The van der Waals surface area contributed by atoms with Gasteiger partial charge < -0.3 is 10.1 Å². The van der Waals surface area contributed by atoms with E-state index in [4.69, 9.17) is 16.3 Å². The molecular weight excluding hydrogens is 364 g/mol. The van der Waals surface area contributed by atoms with Gasteiger partial charge >= 0.3 is 0 Å². The number of ether oxygens (including phenoxy) is 1. The van der Waals surface area contributed by atoms with Gasteiger partial charge in [-0.15, -0.1) is 0 Å². The van der Waals surface area contributed by atoms with Crippen molar-refractivity contribution in [2.75, 3.05) is 17.1 Å². The lowest BCUT2D eigenvalue weighted by atomic mass is 9.95. The van der Waals surface area contributed by atoms with Crippen LogP contribution in [0, 0.1) is 0 Å². The first kappa shape index (κ1) is 18.3. The largest absolute Gasteiger partial charge is 0.478 e. The van der Waals surface area contributed by atoms with E-state index in [2.05, 4.69) is 5.32 Å². The summed E-state index contributed by atoms with van der Waals surface area (Å²) in [5, 5.41) is 3.47. The number of carbonyl (C=O) groups excluding carboxylic acids is 1. The van der Waals surface area contributed by atoms with Gasteiger partial charge in [-0.1, -0.05) is 30.9 Å². The maximum atomic E-state index is 12.6. The minimum atomic E-state index is -3.49. The van der Waals surface area contributed by atoms with Crippen LogP contribution in [-0.4, -0.2) is 39.3 Å². The number of amides is 1. The average Bonchev–Trinajstić information content (AvgIpc) is 2.74. The van der Waals surface area contributed by atoms with E-state index in [1.807, 2.05) is 0 Å². The molecule has 1 aromatic carbocycles. The summed E-state index contributed by atoms with van der Waals surface area (Å²) in [7, 11) is -3.49. The van der Waals surface area contributed by atoms with E-state index in [-0.39, 0.29) is 24.9 Å². The number of nitrogens with one attached hydrogen (secondary N) is 1. The molecule has 25 heavy (non-hydrogen) atoms. The van der Waals surface area contributed by atoms with Crippen LogP contribution in [0.2, 0.25) is 5.02 Å². The Morgan fingerprint density at radius 2 is 1.96 bits per heavy atom. The summed E-state index contributed by atoms with van der Waals surface area (Å²) in [6.45, 7) is 0.176. The molecule has 1 atom stereocenters. The number of hydrogen-bond acceptors (Lipinski definition) is 4. The molecule has 0 unspecified atom stereocenters. The van der Waals surface area contributed by atoms with E-state index in [1.54, 1.807) is 18.2 Å². The van der Waals surface area contributed by atoms with E-state index >= 15 is 0 Å². The lowest BCUT2D eigenvalue weighted by molar-refractivity contribution is -0.129. The Hall–Kier alpha value is -1.47. The molecule has 1 amide bonds. The normalized spacial score (nSPS) is 21.8. The Morgan fingerprint density at radius 1 is 1.24 bits per heavy atom. The van der Waals surface area contributed by atoms with E-state index in [0.29, 0.717) is 16.5 Å². The molecule has 0 radical (unpaired) electrons. The second-order valence-electron chi connectivity index (χ2n) is 6.69. The summed E-state index contributed by atoms with van der Waals surface area (Å²) >= 11 is 6.02. The molecule has 3 rings (SSSR count). The van der Waals surface area contributed by atoms with Crippen LogP contribution in [0.3, 0.4) is 0 Å². The SMILES string of the molecule is CS(=O)(=O)N1CC[C@H](C(=O)NC2CCCCC2)Oc2ccc(Cl)cc21. The van der Waals surface area contributed by atoms with Crippen molar-refractivity contribution in [3.8, 4) is 5.75 Å². The summed E-state index contributed by atoms with van der Waals surface area (Å²) in [6.07, 6.45) is 6.15. The van der Waals surface area contributed by atoms with E-state index < -0.39 is 16.1 Å². The highest BCUT2D eigenvalue weighted by molar-refractivity contribution is 7.92. The monoisotopic (exact) mass is 386 g/mol. The first-order chi connectivity index (χ1) is 11.8. The predicted molar refractivity (Wildman–Crippen MR) is 97.7 cm³/mol. The number of rotatable bonds is 3. The fourth-order valence-electron chi connectivity index (χ4n) is 3.42. The van der Waals surface area contributed by atoms with Gasteiger partial charge in [0.05, 0.1) is 11.9 Å². The highest BCUT2D eigenvalue weighted by Gasteiger charge is 2.32. The first-order valence-corrected chi connectivity index (χ1v) is 10.8. The topological polar surface area (TPSA) is 75.7 Å². The molecule has 1 saturated carbocycles. The van der Waals surface area contributed by atoms with Crippen LogP contribution in [0.5, 0.6) is 5.75 Å². The second-order valence-corrected chi connectivity index (χ2v) is 9.03. The number of benzene rings is 1. The van der Waals surface area contributed by atoms with Gasteiger partial charge in [0.1, 0.15) is 5.75 Å². The van der Waals surface area contributed by atoms with Crippen molar-refractivity contribution in [3.63, 3.8) is 0 Å². The zero-order valence-corrected chi connectivity index (χ0v) is 15.8. The summed E-state index contributed by atoms with van der Waals surface area (Å²) in [5.74, 6) is 0.180. The smallest absolute Gasteiger partial charge is 0.261 e. The third-order valence-electron chi connectivity index (χ3n) is 4.70. The van der Waals surface area contributed by atoms with Crippen LogP contribution in [0.1, 0.15) is 38.5 Å². The molecule has 0 bridgehead atoms. The summed E-state index contributed by atoms with van der Waals surface area (Å²) < 4.78 is 31.4. The zero-order chi connectivity index (χ0) is 18.0. The van der Waals surface area contributed by atoms with Crippen molar-refractivity contribution in [2.45, 2.75) is 50.7 Å². The molecule has 1 aromatic rings. The Bertz CT molecular complexity index is 747. The van der Waals surface area contributed by atoms with Crippen molar-refractivity contribution >= 4 is 33.2 Å². The number of nitrogens with zero attached hydrogens (tertiary/aromatic N) is 1. The van der Waals surface area contributed by atoms with Gasteiger partial charge in [0.2, 0.25) is 10.0 Å². The number of carbonyl (C=O) groups is 1. The zero-order valence-electron chi connectivity index (χ0n) is 14.2. The lowest BCUT2D eigenvalue weighted by Gasteiger charge is -2.25. The molecule has 1 heterocycles. The molecule has 1 fully saturated rings. The lowest BCUT2D eigenvalue weighted by Crippen LogP contribution is -2.45. The van der Waals surface area contributed by atoms with E-state index in [1.165, 1.54) is 10.7 Å². The van der Waals surface area contributed by atoms with Gasteiger partial charge in [0.15, 0.2) is 6.10 Å². The molecular formula is C17H23ClN2O4S. The molecule has 2 aliphatic rings. The van der Waals surface area contributed by atoms with Crippen molar-refractivity contribution in [3.05, 3.63) is 23.2 Å². The predicted octanol–water partition coefficient (Wildman–Crippen LogP) is 2.71. The fraction of sp³-hybridized carbons (Fsp3) is 0.588. The third kappa shape index (κ3) is 4.39. The van der Waals surface area contributed by atoms with Crippen LogP contribution in [-0.2, 0) is 14.8 Å². The Labute approximate surface area is 153 Å². The summed E-state index contributed by atoms with van der Waals surface area (Å²) in [4.78, 5) is 12.6. The molecule has 1 aliphatic heterocycles. The second kappa shape index (κ2) is 7.41. The minimum absolute atomic E-state index is 0.176. The quantitative estimate of drug-likeness (QED) is 0.866. The minimum Gasteiger partial charge on any atom is -0.478 e. The van der Waals surface area contributed by atoms with Gasteiger partial charge in [-0.3, -0.25) is 9.10 Å². The molecule has 0 aromatic heterocycles. The van der Waals surface area contributed by atoms with Crippen LogP contribution in [0.25, 0.3) is 0 Å². The third-order valence-corrected chi connectivity index (χ3v) is 6.11. The molecule has 1 N–H and O–H groups in total. The standard InChI is InChI=1S/C17H23ClN2O4S/c1-25(22,23)20-10-9-16(17(21)19-13-5-3-2-4-6-13)24-15-8-7-12(18)11-14(15)20/h7-8,11,13,16H,2-6,9-10H2,1H3,(H,19,21)/t16-/m1/s1. The maximum absolute atomic E-state index is 12.6. The van der Waals surface area contributed by atoms with Crippen molar-refractivity contribution in [1.29, 1.82) is 0 Å². The van der Waals surface area contributed by atoms with Crippen LogP contribution >= 0.6 is 11.6 Å². The van der Waals surface area contributed by atoms with Crippen LogP contribution in [0.15, 0.2) is 18.2 Å². The Morgan fingerprint density at radius 3 is 2.64 bits per heavy atom. The summed E-state index contributed by atoms with van der Waals surface area (Å²) in [5.41, 5.74) is 0.378. The van der Waals surface area contributed by atoms with Gasteiger partial charge in [-0.25, -0.2) is 8.42 Å². The van der Waals surface area contributed by atoms with E-state index in [0.717, 1.165) is 31.9 Å². The molecule has 6 nitrogen and oxygen atoms in total. The van der Waals surface area contributed by atoms with E-state index in [9.17, 15) is 13.2 Å². The van der Waals surface area contributed by atoms with Crippen molar-refractivity contribution < 1.29 is 17.9 Å². The number of anilines is 1. The number of halogens is 1. The number of fused-ring (bicyclic) bond motifs is 1. The highest BCUT2D eigenvalue weighted by atomic mass is 35.5. The molecule has 138 valence electrons. The van der Waals surface area contributed by atoms with Gasteiger partial charge in [-0.05, 0) is 31.0 Å². The summed E-state index contributed by atoms with van der Waals surface area (Å²) in [6, 6.07) is 4.98. The molecule has 8 heteroatoms. The molecule has 1 aliphatic carbocycles. The molecule has 0 saturated heterocycles. The number of hydrogen-bond donors (Lipinski definition) is 1. The van der Waals surface area contributed by atoms with Crippen LogP contribution < -0.4 is 14.4 Å². The fourth-order valence-corrected chi connectivity index (χ4v) is 4.53. The van der Waals surface area contributed by atoms with Crippen molar-refractivity contribution in [1.82, 2.24) is 5.32 Å². The maximum Gasteiger partial charge on any atom is 0.261 e. The van der Waals surface area contributed by atoms with Gasteiger partial charge in [-0.2, -0.15) is 0 Å². The molecule has 0 spiro atoms. The van der Waals surface area contributed by atoms with Gasteiger partial charge in [0.25, 0.3) is 5.91 Å². The Kier molecular flexibility index (Phi) is 5.43. The van der Waals surface area contributed by atoms with Crippen LogP contribution in [0.4, 0.5) is 5.69 Å². The highest BCUT2D eigenvalue weighted by Crippen LogP contribution is 2.36. The average molecular weight is 387 g/mol. The first-order valence-electron chi connectivity index (χ1n) is 8.59. The van der Waals surface area contributed by atoms with Crippen molar-refractivity contribution in [2.24, 2.45) is 0 Å².